The first-order valence-corrected chi connectivity index (χ1v) is 10.5. The predicted molar refractivity (Wildman–Crippen MR) is 115 cm³/mol. The molecule has 0 amide bonds. The lowest BCUT2D eigenvalue weighted by molar-refractivity contribution is -0.0343. The molecular formula is C24H22N4O3. The number of ether oxygens (including phenoxy) is 3. The number of benzene rings is 2. The molecule has 2 aromatic carbocycles. The van der Waals surface area contributed by atoms with Gasteiger partial charge in [-0.25, -0.2) is 4.52 Å². The second kappa shape index (κ2) is 7.68. The van der Waals surface area contributed by atoms with Gasteiger partial charge in [-0.2, -0.15) is 0 Å². The molecule has 0 spiro atoms. The maximum atomic E-state index is 6.09. The largest absolute Gasteiger partial charge is 0.454 e. The van der Waals surface area contributed by atoms with E-state index in [1.807, 2.05) is 35.0 Å². The summed E-state index contributed by atoms with van der Waals surface area (Å²) < 4.78 is 18.9. The highest BCUT2D eigenvalue weighted by Crippen LogP contribution is 2.33. The molecule has 0 saturated carbocycles. The third kappa shape index (κ3) is 3.52. The summed E-state index contributed by atoms with van der Waals surface area (Å²) in [5.74, 6) is 1.63. The molecule has 0 aliphatic carbocycles. The molecule has 7 nitrogen and oxygen atoms in total. The van der Waals surface area contributed by atoms with Crippen LogP contribution in [0.3, 0.4) is 0 Å². The fourth-order valence-corrected chi connectivity index (χ4v) is 4.25. The van der Waals surface area contributed by atoms with Crippen molar-refractivity contribution in [1.29, 1.82) is 0 Å². The third-order valence-corrected chi connectivity index (χ3v) is 5.85. The van der Waals surface area contributed by atoms with Crippen molar-refractivity contribution >= 4 is 5.52 Å². The molecule has 1 fully saturated rings. The summed E-state index contributed by atoms with van der Waals surface area (Å²) in [6.07, 6.45) is 1.91. The number of aromatic nitrogens is 3. The van der Waals surface area contributed by atoms with Crippen molar-refractivity contribution in [2.75, 3.05) is 26.5 Å². The molecule has 2 aromatic heterocycles. The van der Waals surface area contributed by atoms with Gasteiger partial charge < -0.3 is 14.2 Å². The van der Waals surface area contributed by atoms with E-state index in [4.69, 9.17) is 14.2 Å². The van der Waals surface area contributed by atoms with Gasteiger partial charge in [0.05, 0.1) is 12.1 Å². The summed E-state index contributed by atoms with van der Waals surface area (Å²) in [6.45, 7) is 3.43. The SMILES string of the molecule is c1ccc(-c2ccc3c(C4CN(Cc5ccc6c(c5)OCO6)CCO4)nnn3c2)cc1. The number of rotatable bonds is 4. The zero-order valence-electron chi connectivity index (χ0n) is 17.0. The maximum absolute atomic E-state index is 6.09. The number of morpholine rings is 1. The van der Waals surface area contributed by atoms with E-state index in [0.29, 0.717) is 13.4 Å². The lowest BCUT2D eigenvalue weighted by Crippen LogP contribution is -2.38. The highest BCUT2D eigenvalue weighted by atomic mass is 16.7. The third-order valence-electron chi connectivity index (χ3n) is 5.85. The van der Waals surface area contributed by atoms with Crippen LogP contribution in [0.1, 0.15) is 17.4 Å². The Labute approximate surface area is 179 Å². The number of nitrogens with zero attached hydrogens (tertiary/aromatic N) is 4. The van der Waals surface area contributed by atoms with Gasteiger partial charge >= 0.3 is 0 Å². The van der Waals surface area contributed by atoms with Crippen molar-refractivity contribution in [2.24, 2.45) is 0 Å². The van der Waals surface area contributed by atoms with Crippen LogP contribution in [0.2, 0.25) is 0 Å². The summed E-state index contributed by atoms with van der Waals surface area (Å²) in [4.78, 5) is 2.38. The first-order chi connectivity index (χ1) is 15.3. The minimum Gasteiger partial charge on any atom is -0.454 e. The van der Waals surface area contributed by atoms with E-state index in [1.54, 1.807) is 0 Å². The Morgan fingerprint density at radius 1 is 0.935 bits per heavy atom. The average Bonchev–Trinajstić information content (AvgIpc) is 3.46. The molecule has 4 aromatic rings. The Balaban J connectivity index is 1.21. The molecule has 2 aliphatic rings. The van der Waals surface area contributed by atoms with Gasteiger partial charge in [-0.05, 0) is 29.3 Å². The Kier molecular flexibility index (Phi) is 4.55. The first-order valence-electron chi connectivity index (χ1n) is 10.5. The van der Waals surface area contributed by atoms with Crippen LogP contribution < -0.4 is 9.47 Å². The van der Waals surface area contributed by atoms with Crippen molar-refractivity contribution in [3.05, 3.63) is 78.1 Å². The van der Waals surface area contributed by atoms with Gasteiger partial charge in [0.1, 0.15) is 11.8 Å². The molecule has 1 unspecified atom stereocenters. The molecule has 156 valence electrons. The van der Waals surface area contributed by atoms with Gasteiger partial charge in [0.2, 0.25) is 6.79 Å². The molecule has 0 N–H and O–H groups in total. The van der Waals surface area contributed by atoms with E-state index < -0.39 is 0 Å². The molecule has 1 saturated heterocycles. The van der Waals surface area contributed by atoms with Gasteiger partial charge in [-0.15, -0.1) is 5.10 Å². The van der Waals surface area contributed by atoms with Crippen LogP contribution in [0.5, 0.6) is 11.5 Å². The highest BCUT2D eigenvalue weighted by Gasteiger charge is 2.26. The lowest BCUT2D eigenvalue weighted by atomic mass is 10.1. The summed E-state index contributed by atoms with van der Waals surface area (Å²) >= 11 is 0. The second-order valence-electron chi connectivity index (χ2n) is 7.87. The second-order valence-corrected chi connectivity index (χ2v) is 7.87. The Bertz CT molecular complexity index is 1220. The molecular weight excluding hydrogens is 392 g/mol. The fraction of sp³-hybridized carbons (Fsp3) is 0.250. The smallest absolute Gasteiger partial charge is 0.231 e. The number of hydrogen-bond donors (Lipinski definition) is 0. The average molecular weight is 414 g/mol. The van der Waals surface area contributed by atoms with Crippen molar-refractivity contribution in [3.63, 3.8) is 0 Å². The van der Waals surface area contributed by atoms with Crippen LogP contribution in [-0.2, 0) is 11.3 Å². The van der Waals surface area contributed by atoms with E-state index in [9.17, 15) is 0 Å². The zero-order chi connectivity index (χ0) is 20.6. The van der Waals surface area contributed by atoms with Crippen molar-refractivity contribution in [3.8, 4) is 22.6 Å². The summed E-state index contributed by atoms with van der Waals surface area (Å²) in [5, 5.41) is 8.83. The minimum atomic E-state index is -0.108. The molecule has 6 rings (SSSR count). The summed E-state index contributed by atoms with van der Waals surface area (Å²) in [7, 11) is 0. The van der Waals surface area contributed by atoms with E-state index in [-0.39, 0.29) is 6.10 Å². The Morgan fingerprint density at radius 3 is 2.77 bits per heavy atom. The van der Waals surface area contributed by atoms with Crippen LogP contribution in [0.25, 0.3) is 16.6 Å². The van der Waals surface area contributed by atoms with Gasteiger partial charge in [0.15, 0.2) is 11.5 Å². The lowest BCUT2D eigenvalue weighted by Gasteiger charge is -2.32. The Hall–Kier alpha value is -3.42. The van der Waals surface area contributed by atoms with E-state index in [2.05, 4.69) is 51.6 Å². The fourth-order valence-electron chi connectivity index (χ4n) is 4.25. The number of pyridine rings is 1. The molecule has 0 radical (unpaired) electrons. The number of hydrogen-bond acceptors (Lipinski definition) is 6. The van der Waals surface area contributed by atoms with Crippen molar-refractivity contribution in [2.45, 2.75) is 12.6 Å². The summed E-state index contributed by atoms with van der Waals surface area (Å²) in [6, 6.07) is 20.6. The summed E-state index contributed by atoms with van der Waals surface area (Å²) in [5.41, 5.74) is 5.33. The van der Waals surface area contributed by atoms with Crippen LogP contribution in [0.15, 0.2) is 66.9 Å². The van der Waals surface area contributed by atoms with Gasteiger partial charge in [-0.3, -0.25) is 4.90 Å². The van der Waals surface area contributed by atoms with Gasteiger partial charge in [0.25, 0.3) is 0 Å². The quantitative estimate of drug-likeness (QED) is 0.508. The van der Waals surface area contributed by atoms with Crippen LogP contribution in [0.4, 0.5) is 0 Å². The standard InChI is InChI=1S/C24H22N4O3/c1-2-4-18(5-3-1)19-7-8-20-24(25-26-28(20)14-19)23-15-27(10-11-29-23)13-17-6-9-21-22(12-17)31-16-30-21/h1-9,12,14,23H,10-11,13,15-16H2. The van der Waals surface area contributed by atoms with Crippen LogP contribution in [0, 0.1) is 0 Å². The normalized spacial score (nSPS) is 18.5. The van der Waals surface area contributed by atoms with Gasteiger partial charge in [0, 0.05) is 31.4 Å². The van der Waals surface area contributed by atoms with Crippen LogP contribution in [-0.4, -0.2) is 46.2 Å². The molecule has 7 heteroatoms. The van der Waals surface area contributed by atoms with E-state index in [1.165, 1.54) is 5.56 Å². The van der Waals surface area contributed by atoms with Crippen molar-refractivity contribution in [1.82, 2.24) is 19.7 Å². The highest BCUT2D eigenvalue weighted by molar-refractivity contribution is 5.66. The first kappa shape index (κ1) is 18.4. The van der Waals surface area contributed by atoms with Gasteiger partial charge in [-0.1, -0.05) is 47.7 Å². The zero-order valence-corrected chi connectivity index (χ0v) is 17.0. The topological polar surface area (TPSA) is 61.1 Å². The molecule has 2 aliphatic heterocycles. The minimum absolute atomic E-state index is 0.108. The predicted octanol–water partition coefficient (Wildman–Crippen LogP) is 3.70. The molecule has 0 bridgehead atoms. The van der Waals surface area contributed by atoms with Crippen LogP contribution >= 0.6 is 0 Å². The molecule has 4 heterocycles. The molecule has 31 heavy (non-hydrogen) atoms. The number of fused-ring (bicyclic) bond motifs is 2. The Morgan fingerprint density at radius 2 is 1.84 bits per heavy atom. The monoisotopic (exact) mass is 414 g/mol. The van der Waals surface area contributed by atoms with Crippen molar-refractivity contribution < 1.29 is 14.2 Å². The molecule has 1 atom stereocenters. The van der Waals surface area contributed by atoms with E-state index >= 15 is 0 Å². The maximum Gasteiger partial charge on any atom is 0.231 e. The van der Waals surface area contributed by atoms with E-state index in [0.717, 1.165) is 53.5 Å².